The summed E-state index contributed by atoms with van der Waals surface area (Å²) < 4.78 is 0. The van der Waals surface area contributed by atoms with Gasteiger partial charge in [-0.15, -0.1) is 0 Å². The first-order chi connectivity index (χ1) is 7.63. The molecule has 88 valence electrons. The van der Waals surface area contributed by atoms with Gasteiger partial charge < -0.3 is 10.2 Å². The fraction of sp³-hybridized carbons (Fsp3) is 0.500. The van der Waals surface area contributed by atoms with E-state index < -0.39 is 0 Å². The number of nitrogens with one attached hydrogen (secondary N) is 1. The molecule has 4 heteroatoms. The lowest BCUT2D eigenvalue weighted by atomic mass is 10.0. The molecule has 1 unspecified atom stereocenters. The topological polar surface area (TPSA) is 15.3 Å². The number of likely N-dealkylation sites (N-methyl/N-ethyl adjacent to an activating group) is 1. The maximum atomic E-state index is 5.98. The fourth-order valence-corrected chi connectivity index (χ4v) is 2.71. The van der Waals surface area contributed by atoms with Crippen molar-refractivity contribution in [1.29, 1.82) is 0 Å². The third-order valence-corrected chi connectivity index (χ3v) is 3.30. The van der Waals surface area contributed by atoms with Gasteiger partial charge in [-0.3, -0.25) is 0 Å². The molecule has 16 heavy (non-hydrogen) atoms. The van der Waals surface area contributed by atoms with Crippen LogP contribution in [0.1, 0.15) is 5.56 Å². The average molecular weight is 259 g/mol. The molecule has 1 fully saturated rings. The molecule has 1 atom stereocenters. The number of hydrogen-bond acceptors (Lipinski definition) is 2. The van der Waals surface area contributed by atoms with Crippen LogP contribution in [0.2, 0.25) is 10.0 Å². The Balaban J connectivity index is 2.02. The van der Waals surface area contributed by atoms with Crippen LogP contribution in [0.25, 0.3) is 0 Å². The molecule has 0 bridgehead atoms. The first kappa shape index (κ1) is 12.2. The molecule has 0 radical (unpaired) electrons. The predicted octanol–water partition coefficient (Wildman–Crippen LogP) is 2.44. The van der Waals surface area contributed by atoms with Crippen molar-refractivity contribution in [3.63, 3.8) is 0 Å². The molecular formula is C12H16Cl2N2. The van der Waals surface area contributed by atoms with E-state index in [1.54, 1.807) is 6.07 Å². The summed E-state index contributed by atoms with van der Waals surface area (Å²) in [5, 5.41) is 4.94. The Hall–Kier alpha value is -0.280. The van der Waals surface area contributed by atoms with Gasteiger partial charge in [-0.25, -0.2) is 0 Å². The molecule has 1 aliphatic rings. The lowest BCUT2D eigenvalue weighted by Crippen LogP contribution is -2.49. The van der Waals surface area contributed by atoms with Crippen LogP contribution in [0.4, 0.5) is 0 Å². The van der Waals surface area contributed by atoms with Gasteiger partial charge in [0.15, 0.2) is 0 Å². The first-order valence-corrected chi connectivity index (χ1v) is 6.26. The standard InChI is InChI=1S/C12H16Cl2N2/c1-16-3-2-15-12(8-16)6-9-4-10(13)7-11(14)5-9/h4-5,7,12,15H,2-3,6,8H2,1H3. The zero-order valence-corrected chi connectivity index (χ0v) is 10.9. The highest BCUT2D eigenvalue weighted by atomic mass is 35.5. The van der Waals surface area contributed by atoms with Gasteiger partial charge in [-0.1, -0.05) is 23.2 Å². The van der Waals surface area contributed by atoms with E-state index in [-0.39, 0.29) is 0 Å². The highest BCUT2D eigenvalue weighted by Crippen LogP contribution is 2.20. The van der Waals surface area contributed by atoms with Crippen molar-refractivity contribution in [1.82, 2.24) is 10.2 Å². The third kappa shape index (κ3) is 3.36. The number of benzene rings is 1. The zero-order chi connectivity index (χ0) is 11.5. The number of rotatable bonds is 2. The minimum Gasteiger partial charge on any atom is -0.311 e. The Morgan fingerprint density at radius 1 is 1.31 bits per heavy atom. The van der Waals surface area contributed by atoms with Crippen molar-refractivity contribution in [2.45, 2.75) is 12.5 Å². The Bertz CT molecular complexity index is 348. The smallest absolute Gasteiger partial charge is 0.0423 e. The summed E-state index contributed by atoms with van der Waals surface area (Å²) in [7, 11) is 2.15. The quantitative estimate of drug-likeness (QED) is 0.877. The Labute approximate surface area is 107 Å². The van der Waals surface area contributed by atoms with Crippen molar-refractivity contribution in [2.75, 3.05) is 26.7 Å². The second kappa shape index (κ2) is 5.37. The summed E-state index contributed by atoms with van der Waals surface area (Å²) in [6, 6.07) is 6.24. The van der Waals surface area contributed by atoms with Crippen LogP contribution in [0.3, 0.4) is 0 Å². The molecule has 0 aliphatic carbocycles. The predicted molar refractivity (Wildman–Crippen MR) is 69.5 cm³/mol. The molecule has 0 spiro atoms. The Morgan fingerprint density at radius 2 is 2.00 bits per heavy atom. The van der Waals surface area contributed by atoms with E-state index in [2.05, 4.69) is 17.3 Å². The zero-order valence-electron chi connectivity index (χ0n) is 9.34. The summed E-state index contributed by atoms with van der Waals surface area (Å²) in [4.78, 5) is 2.34. The van der Waals surface area contributed by atoms with E-state index >= 15 is 0 Å². The van der Waals surface area contributed by atoms with Crippen LogP contribution in [-0.2, 0) is 6.42 Å². The third-order valence-electron chi connectivity index (χ3n) is 2.86. The molecule has 2 nitrogen and oxygen atoms in total. The molecule has 1 saturated heterocycles. The maximum Gasteiger partial charge on any atom is 0.0423 e. The summed E-state index contributed by atoms with van der Waals surface area (Å²) in [6.45, 7) is 3.24. The highest BCUT2D eigenvalue weighted by Gasteiger charge is 2.16. The molecule has 1 aromatic carbocycles. The summed E-state index contributed by atoms with van der Waals surface area (Å²) >= 11 is 12.0. The van der Waals surface area contributed by atoms with Gasteiger partial charge in [0.1, 0.15) is 0 Å². The second-order valence-corrected chi connectivity index (χ2v) is 5.27. The molecule has 1 N–H and O–H groups in total. The highest BCUT2D eigenvalue weighted by molar-refractivity contribution is 6.34. The number of nitrogens with zero attached hydrogens (tertiary/aromatic N) is 1. The molecule has 0 saturated carbocycles. The van der Waals surface area contributed by atoms with Gasteiger partial charge >= 0.3 is 0 Å². The SMILES string of the molecule is CN1CCNC(Cc2cc(Cl)cc(Cl)c2)C1. The summed E-state index contributed by atoms with van der Waals surface area (Å²) in [5.41, 5.74) is 1.20. The number of halogens is 2. The van der Waals surface area contributed by atoms with E-state index in [1.807, 2.05) is 12.1 Å². The maximum absolute atomic E-state index is 5.98. The van der Waals surface area contributed by atoms with Gasteiger partial charge in [-0.05, 0) is 37.2 Å². The molecular weight excluding hydrogens is 243 g/mol. The number of piperazine rings is 1. The van der Waals surface area contributed by atoms with Crippen LogP contribution in [0.5, 0.6) is 0 Å². The average Bonchev–Trinajstić information content (AvgIpc) is 2.15. The van der Waals surface area contributed by atoms with Crippen LogP contribution in [0.15, 0.2) is 18.2 Å². The van der Waals surface area contributed by atoms with Crippen molar-refractivity contribution in [3.05, 3.63) is 33.8 Å². The van der Waals surface area contributed by atoms with Crippen LogP contribution in [-0.4, -0.2) is 37.6 Å². The molecule has 1 heterocycles. The largest absolute Gasteiger partial charge is 0.311 e. The van der Waals surface area contributed by atoms with Crippen LogP contribution >= 0.6 is 23.2 Å². The Morgan fingerprint density at radius 3 is 2.62 bits per heavy atom. The van der Waals surface area contributed by atoms with Crippen LogP contribution < -0.4 is 5.32 Å². The molecule has 1 aromatic rings. The van der Waals surface area contributed by atoms with Crippen LogP contribution in [0, 0.1) is 0 Å². The minimum atomic E-state index is 0.494. The molecule has 2 rings (SSSR count). The lowest BCUT2D eigenvalue weighted by molar-refractivity contribution is 0.238. The summed E-state index contributed by atoms with van der Waals surface area (Å²) in [5.74, 6) is 0. The molecule has 0 amide bonds. The van der Waals surface area contributed by atoms with Gasteiger partial charge in [0, 0.05) is 35.7 Å². The Kier molecular flexibility index (Phi) is 4.09. The monoisotopic (exact) mass is 258 g/mol. The van der Waals surface area contributed by atoms with Gasteiger partial charge in [-0.2, -0.15) is 0 Å². The van der Waals surface area contributed by atoms with Gasteiger partial charge in [0.05, 0.1) is 0 Å². The summed E-state index contributed by atoms with van der Waals surface area (Å²) in [6.07, 6.45) is 0.977. The van der Waals surface area contributed by atoms with Crippen molar-refractivity contribution in [3.8, 4) is 0 Å². The molecule has 0 aromatic heterocycles. The van der Waals surface area contributed by atoms with Crippen molar-refractivity contribution in [2.24, 2.45) is 0 Å². The fourth-order valence-electron chi connectivity index (χ4n) is 2.14. The molecule has 1 aliphatic heterocycles. The van der Waals surface area contributed by atoms with Gasteiger partial charge in [0.2, 0.25) is 0 Å². The number of hydrogen-bond donors (Lipinski definition) is 1. The van der Waals surface area contributed by atoms with E-state index in [9.17, 15) is 0 Å². The first-order valence-electron chi connectivity index (χ1n) is 5.50. The second-order valence-electron chi connectivity index (χ2n) is 4.40. The lowest BCUT2D eigenvalue weighted by Gasteiger charge is -2.31. The van der Waals surface area contributed by atoms with E-state index in [0.29, 0.717) is 16.1 Å². The van der Waals surface area contributed by atoms with E-state index in [4.69, 9.17) is 23.2 Å². The van der Waals surface area contributed by atoms with E-state index in [0.717, 1.165) is 26.1 Å². The minimum absolute atomic E-state index is 0.494. The van der Waals surface area contributed by atoms with E-state index in [1.165, 1.54) is 5.56 Å². The van der Waals surface area contributed by atoms with Crippen molar-refractivity contribution < 1.29 is 0 Å². The van der Waals surface area contributed by atoms with Gasteiger partial charge in [0.25, 0.3) is 0 Å². The van der Waals surface area contributed by atoms with Crippen molar-refractivity contribution >= 4 is 23.2 Å². The normalized spacial score (nSPS) is 22.3.